The van der Waals surface area contributed by atoms with E-state index in [9.17, 15) is 14.4 Å². The molecule has 3 aromatic rings. The minimum atomic E-state index is -0.314. The maximum absolute atomic E-state index is 12.4. The molecule has 2 amide bonds. The van der Waals surface area contributed by atoms with E-state index < -0.39 is 0 Å². The van der Waals surface area contributed by atoms with Gasteiger partial charge in [0.05, 0.1) is 0 Å². The molecule has 140 valence electrons. The maximum atomic E-state index is 12.4. The third-order valence-electron chi connectivity index (χ3n) is 4.25. The van der Waals surface area contributed by atoms with Crippen LogP contribution in [0.1, 0.15) is 43.6 Å². The summed E-state index contributed by atoms with van der Waals surface area (Å²) in [6.07, 6.45) is 0. The molecule has 28 heavy (non-hydrogen) atoms. The van der Waals surface area contributed by atoms with Crippen LogP contribution in [0.15, 0.2) is 72.8 Å². The number of anilines is 2. The van der Waals surface area contributed by atoms with Gasteiger partial charge in [0.1, 0.15) is 0 Å². The SMILES string of the molecule is CC(=O)c1cccc(NC(=O)c2ccc(C(=O)Nc3ccc(C)cc3)cc2)c1. The van der Waals surface area contributed by atoms with Crippen molar-refractivity contribution in [3.05, 3.63) is 95.1 Å². The Hall–Kier alpha value is -3.73. The molecule has 0 aromatic heterocycles. The third kappa shape index (κ3) is 4.71. The molecular formula is C23H20N2O3. The molecule has 3 rings (SSSR count). The number of carbonyl (C=O) groups excluding carboxylic acids is 3. The number of ketones is 1. The second-order valence-electron chi connectivity index (χ2n) is 6.49. The lowest BCUT2D eigenvalue weighted by Crippen LogP contribution is -2.14. The summed E-state index contributed by atoms with van der Waals surface area (Å²) in [5.41, 5.74) is 3.76. The first kappa shape index (κ1) is 19.0. The lowest BCUT2D eigenvalue weighted by atomic mass is 10.1. The Labute approximate surface area is 163 Å². The number of amides is 2. The summed E-state index contributed by atoms with van der Waals surface area (Å²) in [6, 6.07) is 20.7. The zero-order valence-corrected chi connectivity index (χ0v) is 15.7. The summed E-state index contributed by atoms with van der Waals surface area (Å²) in [5.74, 6) is -0.629. The molecule has 5 nitrogen and oxygen atoms in total. The lowest BCUT2D eigenvalue weighted by Gasteiger charge is -2.08. The van der Waals surface area contributed by atoms with Crippen LogP contribution >= 0.6 is 0 Å². The highest BCUT2D eigenvalue weighted by Gasteiger charge is 2.10. The molecule has 0 spiro atoms. The van der Waals surface area contributed by atoms with E-state index in [1.54, 1.807) is 48.5 Å². The molecule has 0 saturated carbocycles. The highest BCUT2D eigenvalue weighted by molar-refractivity contribution is 6.07. The minimum absolute atomic E-state index is 0.0694. The van der Waals surface area contributed by atoms with Crippen molar-refractivity contribution in [3.8, 4) is 0 Å². The molecule has 3 aromatic carbocycles. The van der Waals surface area contributed by atoms with Crippen molar-refractivity contribution >= 4 is 29.0 Å². The quantitative estimate of drug-likeness (QED) is 0.637. The number of Topliss-reactive ketones (excluding diaryl/α,β-unsaturated/α-hetero) is 1. The smallest absolute Gasteiger partial charge is 0.255 e. The van der Waals surface area contributed by atoms with Crippen LogP contribution in [0.3, 0.4) is 0 Å². The molecule has 0 atom stereocenters. The van der Waals surface area contributed by atoms with E-state index in [0.29, 0.717) is 28.1 Å². The van der Waals surface area contributed by atoms with E-state index in [4.69, 9.17) is 0 Å². The molecule has 0 radical (unpaired) electrons. The summed E-state index contributed by atoms with van der Waals surface area (Å²) in [5, 5.41) is 5.57. The van der Waals surface area contributed by atoms with Crippen LogP contribution in [0.5, 0.6) is 0 Å². The molecule has 0 aliphatic carbocycles. The summed E-state index contributed by atoms with van der Waals surface area (Å²) >= 11 is 0. The molecule has 0 saturated heterocycles. The van der Waals surface area contributed by atoms with Gasteiger partial charge >= 0.3 is 0 Å². The first-order valence-corrected chi connectivity index (χ1v) is 8.83. The van der Waals surface area contributed by atoms with Crippen LogP contribution in [-0.4, -0.2) is 17.6 Å². The molecule has 0 aliphatic rings. The van der Waals surface area contributed by atoms with E-state index in [1.165, 1.54) is 6.92 Å². The summed E-state index contributed by atoms with van der Waals surface area (Å²) in [6.45, 7) is 3.45. The van der Waals surface area contributed by atoms with Crippen molar-refractivity contribution < 1.29 is 14.4 Å². The van der Waals surface area contributed by atoms with Gasteiger partial charge in [0.15, 0.2) is 5.78 Å². The largest absolute Gasteiger partial charge is 0.322 e. The average molecular weight is 372 g/mol. The minimum Gasteiger partial charge on any atom is -0.322 e. The van der Waals surface area contributed by atoms with E-state index in [1.807, 2.05) is 31.2 Å². The van der Waals surface area contributed by atoms with Crippen LogP contribution in [0, 0.1) is 6.92 Å². The van der Waals surface area contributed by atoms with Crippen molar-refractivity contribution in [1.82, 2.24) is 0 Å². The van der Waals surface area contributed by atoms with Crippen molar-refractivity contribution in [3.63, 3.8) is 0 Å². The van der Waals surface area contributed by atoms with E-state index in [-0.39, 0.29) is 17.6 Å². The lowest BCUT2D eigenvalue weighted by molar-refractivity contribution is 0.101. The molecule has 0 unspecified atom stereocenters. The van der Waals surface area contributed by atoms with Gasteiger partial charge < -0.3 is 10.6 Å². The fourth-order valence-corrected chi connectivity index (χ4v) is 2.63. The third-order valence-corrected chi connectivity index (χ3v) is 4.25. The van der Waals surface area contributed by atoms with Crippen molar-refractivity contribution in [2.75, 3.05) is 10.6 Å². The van der Waals surface area contributed by atoms with Gasteiger partial charge in [-0.1, -0.05) is 29.8 Å². The predicted octanol–water partition coefficient (Wildman–Crippen LogP) is 4.70. The van der Waals surface area contributed by atoms with Gasteiger partial charge in [0.25, 0.3) is 11.8 Å². The van der Waals surface area contributed by atoms with Crippen LogP contribution in [0.2, 0.25) is 0 Å². The predicted molar refractivity (Wildman–Crippen MR) is 110 cm³/mol. The summed E-state index contributed by atoms with van der Waals surface area (Å²) in [4.78, 5) is 36.2. The molecular weight excluding hydrogens is 352 g/mol. The van der Waals surface area contributed by atoms with Gasteiger partial charge in [-0.25, -0.2) is 0 Å². The van der Waals surface area contributed by atoms with Gasteiger partial charge in [0.2, 0.25) is 0 Å². The number of nitrogens with one attached hydrogen (secondary N) is 2. The zero-order chi connectivity index (χ0) is 20.1. The van der Waals surface area contributed by atoms with Gasteiger partial charge in [0, 0.05) is 28.1 Å². The Morgan fingerprint density at radius 3 is 1.71 bits per heavy atom. The Balaban J connectivity index is 1.67. The Bertz CT molecular complexity index is 1020. The monoisotopic (exact) mass is 372 g/mol. The normalized spacial score (nSPS) is 10.2. The highest BCUT2D eigenvalue weighted by Crippen LogP contribution is 2.15. The van der Waals surface area contributed by atoms with Crippen LogP contribution in [0.4, 0.5) is 11.4 Å². The summed E-state index contributed by atoms with van der Waals surface area (Å²) in [7, 11) is 0. The highest BCUT2D eigenvalue weighted by atomic mass is 16.2. The topological polar surface area (TPSA) is 75.3 Å². The van der Waals surface area contributed by atoms with Crippen molar-refractivity contribution in [2.45, 2.75) is 13.8 Å². The molecule has 0 fully saturated rings. The Morgan fingerprint density at radius 2 is 1.18 bits per heavy atom. The number of hydrogen-bond acceptors (Lipinski definition) is 3. The van der Waals surface area contributed by atoms with Gasteiger partial charge in [-0.2, -0.15) is 0 Å². The Morgan fingerprint density at radius 1 is 0.643 bits per heavy atom. The van der Waals surface area contributed by atoms with Crippen LogP contribution in [0.25, 0.3) is 0 Å². The average Bonchev–Trinajstić information content (AvgIpc) is 2.70. The molecule has 2 N–H and O–H groups in total. The number of aryl methyl sites for hydroxylation is 1. The molecule has 5 heteroatoms. The standard InChI is InChI=1S/C23H20N2O3/c1-15-6-12-20(13-7-15)24-22(27)17-8-10-18(11-9-17)23(28)25-21-5-3-4-19(14-21)16(2)26/h3-14H,1-2H3,(H,24,27)(H,25,28). The van der Waals surface area contributed by atoms with Crippen molar-refractivity contribution in [1.29, 1.82) is 0 Å². The maximum Gasteiger partial charge on any atom is 0.255 e. The van der Waals surface area contributed by atoms with Gasteiger partial charge in [-0.05, 0) is 62.4 Å². The second kappa shape index (κ2) is 8.31. The van der Waals surface area contributed by atoms with Crippen LogP contribution in [-0.2, 0) is 0 Å². The fourth-order valence-electron chi connectivity index (χ4n) is 2.63. The first-order valence-electron chi connectivity index (χ1n) is 8.83. The fraction of sp³-hybridized carbons (Fsp3) is 0.0870. The van der Waals surface area contributed by atoms with Crippen molar-refractivity contribution in [2.24, 2.45) is 0 Å². The number of benzene rings is 3. The van der Waals surface area contributed by atoms with E-state index >= 15 is 0 Å². The van der Waals surface area contributed by atoms with Gasteiger partial charge in [-0.3, -0.25) is 14.4 Å². The van der Waals surface area contributed by atoms with E-state index in [0.717, 1.165) is 5.56 Å². The second-order valence-corrected chi connectivity index (χ2v) is 6.49. The molecule has 0 heterocycles. The van der Waals surface area contributed by atoms with Crippen LogP contribution < -0.4 is 10.6 Å². The number of rotatable bonds is 5. The zero-order valence-electron chi connectivity index (χ0n) is 15.7. The summed E-state index contributed by atoms with van der Waals surface area (Å²) < 4.78 is 0. The van der Waals surface area contributed by atoms with E-state index in [2.05, 4.69) is 10.6 Å². The molecule has 0 aliphatic heterocycles. The van der Waals surface area contributed by atoms with Gasteiger partial charge in [-0.15, -0.1) is 0 Å². The number of hydrogen-bond donors (Lipinski definition) is 2. The number of carbonyl (C=O) groups is 3. The first-order chi connectivity index (χ1) is 13.4. The Kier molecular flexibility index (Phi) is 5.65. The molecule has 0 bridgehead atoms.